The second-order valence-corrected chi connectivity index (χ2v) is 4.60. The van der Waals surface area contributed by atoms with Crippen molar-refractivity contribution in [3.8, 4) is 0 Å². The summed E-state index contributed by atoms with van der Waals surface area (Å²) in [5.41, 5.74) is 2.29. The summed E-state index contributed by atoms with van der Waals surface area (Å²) in [5.74, 6) is 0.832. The van der Waals surface area contributed by atoms with Gasteiger partial charge in [0.05, 0.1) is 6.20 Å². The van der Waals surface area contributed by atoms with Crippen LogP contribution in [0, 0.1) is 5.92 Å². The number of nitrogens with one attached hydrogen (secondary N) is 1. The number of nitrogens with zero attached hydrogens (tertiary/aromatic N) is 1. The quantitative estimate of drug-likeness (QED) is 0.837. The first-order chi connectivity index (χ1) is 7.92. The predicted octanol–water partition coefficient (Wildman–Crippen LogP) is 2.37. The third-order valence-electron chi connectivity index (χ3n) is 3.40. The molecule has 0 aliphatic carbocycles. The summed E-state index contributed by atoms with van der Waals surface area (Å²) >= 11 is 0. The van der Waals surface area contributed by atoms with E-state index in [1.54, 1.807) is 6.20 Å². The number of aromatic nitrogens is 1. The molecule has 1 aromatic carbocycles. The molecule has 3 heteroatoms. The molecule has 1 aliphatic heterocycles. The van der Waals surface area contributed by atoms with Gasteiger partial charge in [0, 0.05) is 5.39 Å². The van der Waals surface area contributed by atoms with E-state index in [4.69, 9.17) is 4.52 Å². The average molecular weight is 216 g/mol. The van der Waals surface area contributed by atoms with Gasteiger partial charge in [0.1, 0.15) is 0 Å². The largest absolute Gasteiger partial charge is 0.356 e. The van der Waals surface area contributed by atoms with Crippen LogP contribution in [-0.2, 0) is 6.42 Å². The van der Waals surface area contributed by atoms with Crippen LogP contribution in [0.5, 0.6) is 0 Å². The molecule has 0 amide bonds. The van der Waals surface area contributed by atoms with Crippen molar-refractivity contribution >= 4 is 11.0 Å². The van der Waals surface area contributed by atoms with Gasteiger partial charge < -0.3 is 9.84 Å². The fraction of sp³-hybridized carbons (Fsp3) is 0.462. The van der Waals surface area contributed by atoms with E-state index in [1.807, 2.05) is 6.07 Å². The molecule has 3 rings (SSSR count). The minimum Gasteiger partial charge on any atom is -0.356 e. The first-order valence-corrected chi connectivity index (χ1v) is 5.96. The lowest BCUT2D eigenvalue weighted by Gasteiger charge is -2.22. The summed E-state index contributed by atoms with van der Waals surface area (Å²) in [5, 5.41) is 8.32. The van der Waals surface area contributed by atoms with Gasteiger partial charge in [0.15, 0.2) is 5.58 Å². The molecule has 0 atom stereocenters. The van der Waals surface area contributed by atoms with E-state index in [-0.39, 0.29) is 0 Å². The minimum absolute atomic E-state index is 0.832. The molecule has 1 aliphatic rings. The lowest BCUT2D eigenvalue weighted by Crippen LogP contribution is -2.28. The van der Waals surface area contributed by atoms with Crippen LogP contribution in [0.25, 0.3) is 11.0 Å². The van der Waals surface area contributed by atoms with Gasteiger partial charge in [-0.2, -0.15) is 0 Å². The van der Waals surface area contributed by atoms with Crippen LogP contribution < -0.4 is 5.32 Å². The molecule has 84 valence electrons. The second-order valence-electron chi connectivity index (χ2n) is 4.60. The molecule has 0 bridgehead atoms. The molecule has 1 fully saturated rings. The highest BCUT2D eigenvalue weighted by molar-refractivity contribution is 5.76. The highest BCUT2D eigenvalue weighted by Crippen LogP contribution is 2.21. The zero-order valence-corrected chi connectivity index (χ0v) is 9.28. The van der Waals surface area contributed by atoms with E-state index < -0.39 is 0 Å². The maximum Gasteiger partial charge on any atom is 0.166 e. The monoisotopic (exact) mass is 216 g/mol. The normalized spacial score (nSPS) is 18.0. The molecule has 1 saturated heterocycles. The average Bonchev–Trinajstić information content (AvgIpc) is 2.77. The van der Waals surface area contributed by atoms with Crippen molar-refractivity contribution in [2.75, 3.05) is 13.1 Å². The van der Waals surface area contributed by atoms with Crippen molar-refractivity contribution in [3.63, 3.8) is 0 Å². The fourth-order valence-electron chi connectivity index (χ4n) is 2.47. The Morgan fingerprint density at radius 3 is 3.06 bits per heavy atom. The van der Waals surface area contributed by atoms with E-state index in [0.717, 1.165) is 16.9 Å². The van der Waals surface area contributed by atoms with Crippen molar-refractivity contribution in [1.82, 2.24) is 10.5 Å². The maximum absolute atomic E-state index is 5.10. The summed E-state index contributed by atoms with van der Waals surface area (Å²) in [6.07, 6.45) is 5.56. The van der Waals surface area contributed by atoms with Crippen LogP contribution in [0.2, 0.25) is 0 Å². The van der Waals surface area contributed by atoms with Crippen molar-refractivity contribution < 1.29 is 4.52 Å². The van der Waals surface area contributed by atoms with E-state index >= 15 is 0 Å². The molecule has 0 spiro atoms. The van der Waals surface area contributed by atoms with Gasteiger partial charge in [0.2, 0.25) is 0 Å². The molecule has 0 saturated carbocycles. The molecule has 1 aromatic heterocycles. The maximum atomic E-state index is 5.10. The van der Waals surface area contributed by atoms with Gasteiger partial charge in [-0.05, 0) is 56.0 Å². The Morgan fingerprint density at radius 1 is 1.31 bits per heavy atom. The van der Waals surface area contributed by atoms with Crippen molar-refractivity contribution in [3.05, 3.63) is 30.0 Å². The van der Waals surface area contributed by atoms with Crippen LogP contribution in [0.4, 0.5) is 0 Å². The van der Waals surface area contributed by atoms with Crippen LogP contribution in [-0.4, -0.2) is 18.2 Å². The van der Waals surface area contributed by atoms with Crippen LogP contribution >= 0.6 is 0 Å². The van der Waals surface area contributed by atoms with Gasteiger partial charge in [-0.25, -0.2) is 0 Å². The number of hydrogen-bond acceptors (Lipinski definition) is 3. The molecule has 16 heavy (non-hydrogen) atoms. The van der Waals surface area contributed by atoms with Gasteiger partial charge in [-0.1, -0.05) is 11.2 Å². The molecular weight excluding hydrogens is 200 g/mol. The Hall–Kier alpha value is -1.35. The number of rotatable bonds is 2. The standard InChI is InChI=1S/C13H16N2O/c1-2-13-12(9-15-16-13)8-11(1)7-10-3-5-14-6-4-10/h1-2,8-10,14H,3-7H2. The van der Waals surface area contributed by atoms with Crippen molar-refractivity contribution in [1.29, 1.82) is 0 Å². The fourth-order valence-corrected chi connectivity index (χ4v) is 2.47. The first kappa shape index (κ1) is 9.85. The minimum atomic E-state index is 0.832. The Labute approximate surface area is 94.8 Å². The van der Waals surface area contributed by atoms with E-state index in [0.29, 0.717) is 0 Å². The Bertz CT molecular complexity index is 471. The molecule has 1 N–H and O–H groups in total. The zero-order chi connectivity index (χ0) is 10.8. The number of piperidine rings is 1. The SMILES string of the molecule is c1cc2oncc2cc1CC1CCNCC1. The lowest BCUT2D eigenvalue weighted by atomic mass is 9.91. The number of benzene rings is 1. The summed E-state index contributed by atoms with van der Waals surface area (Å²) in [6.45, 7) is 2.33. The lowest BCUT2D eigenvalue weighted by molar-refractivity contribution is 0.373. The van der Waals surface area contributed by atoms with Gasteiger partial charge in [0.25, 0.3) is 0 Å². The molecule has 2 aromatic rings. The third-order valence-corrected chi connectivity index (χ3v) is 3.40. The Kier molecular flexibility index (Phi) is 2.62. The summed E-state index contributed by atoms with van der Waals surface area (Å²) in [7, 11) is 0. The summed E-state index contributed by atoms with van der Waals surface area (Å²) in [4.78, 5) is 0. The van der Waals surface area contributed by atoms with E-state index in [1.165, 1.54) is 37.9 Å². The topological polar surface area (TPSA) is 38.1 Å². The Balaban J connectivity index is 1.77. The molecular formula is C13H16N2O. The Morgan fingerprint density at radius 2 is 2.19 bits per heavy atom. The third kappa shape index (κ3) is 1.95. The summed E-state index contributed by atoms with van der Waals surface area (Å²) in [6, 6.07) is 6.39. The second kappa shape index (κ2) is 4.26. The van der Waals surface area contributed by atoms with Gasteiger partial charge >= 0.3 is 0 Å². The van der Waals surface area contributed by atoms with Gasteiger partial charge in [-0.15, -0.1) is 0 Å². The van der Waals surface area contributed by atoms with E-state index in [9.17, 15) is 0 Å². The van der Waals surface area contributed by atoms with Crippen molar-refractivity contribution in [2.24, 2.45) is 5.92 Å². The first-order valence-electron chi connectivity index (χ1n) is 5.96. The van der Waals surface area contributed by atoms with Crippen molar-refractivity contribution in [2.45, 2.75) is 19.3 Å². The van der Waals surface area contributed by atoms with Crippen LogP contribution in [0.1, 0.15) is 18.4 Å². The number of hydrogen-bond donors (Lipinski definition) is 1. The zero-order valence-electron chi connectivity index (χ0n) is 9.28. The molecule has 2 heterocycles. The van der Waals surface area contributed by atoms with Crippen LogP contribution in [0.3, 0.4) is 0 Å². The highest BCUT2D eigenvalue weighted by atomic mass is 16.5. The number of fused-ring (bicyclic) bond motifs is 1. The van der Waals surface area contributed by atoms with Crippen LogP contribution in [0.15, 0.2) is 28.9 Å². The van der Waals surface area contributed by atoms with E-state index in [2.05, 4.69) is 22.6 Å². The van der Waals surface area contributed by atoms with Gasteiger partial charge in [-0.3, -0.25) is 0 Å². The summed E-state index contributed by atoms with van der Waals surface area (Å²) < 4.78 is 5.10. The smallest absolute Gasteiger partial charge is 0.166 e. The molecule has 0 radical (unpaired) electrons. The molecule has 3 nitrogen and oxygen atoms in total. The highest BCUT2D eigenvalue weighted by Gasteiger charge is 2.13. The predicted molar refractivity (Wildman–Crippen MR) is 63.3 cm³/mol. The molecule has 0 unspecified atom stereocenters.